The molecule has 114 valence electrons. The molecule has 2 fully saturated rings. The van der Waals surface area contributed by atoms with Crippen LogP contribution in [0.2, 0.25) is 0 Å². The average Bonchev–Trinajstić information content (AvgIpc) is 2.65. The SMILES string of the molecule is CC1(NC(=O)C2(C(N)=S)CCCCCC2)CCOCC1. The van der Waals surface area contributed by atoms with Crippen LogP contribution >= 0.6 is 12.2 Å². The van der Waals surface area contributed by atoms with Crippen molar-refractivity contribution in [2.45, 2.75) is 63.8 Å². The van der Waals surface area contributed by atoms with Gasteiger partial charge in [-0.3, -0.25) is 4.79 Å². The predicted octanol–water partition coefficient (Wildman–Crippen LogP) is 2.30. The van der Waals surface area contributed by atoms with Gasteiger partial charge >= 0.3 is 0 Å². The molecule has 0 atom stereocenters. The van der Waals surface area contributed by atoms with Gasteiger partial charge in [-0.15, -0.1) is 0 Å². The molecule has 1 amide bonds. The van der Waals surface area contributed by atoms with Gasteiger partial charge < -0.3 is 15.8 Å². The van der Waals surface area contributed by atoms with Crippen LogP contribution in [0.5, 0.6) is 0 Å². The number of nitrogens with one attached hydrogen (secondary N) is 1. The van der Waals surface area contributed by atoms with Gasteiger partial charge in [0.05, 0.1) is 10.4 Å². The molecule has 5 heteroatoms. The lowest BCUT2D eigenvalue weighted by atomic mass is 9.78. The number of thiocarbonyl (C=S) groups is 1. The lowest BCUT2D eigenvalue weighted by Gasteiger charge is -2.39. The molecule has 0 aromatic heterocycles. The molecule has 0 aromatic carbocycles. The van der Waals surface area contributed by atoms with Crippen molar-refractivity contribution in [3.63, 3.8) is 0 Å². The summed E-state index contributed by atoms with van der Waals surface area (Å²) in [5.41, 5.74) is 5.15. The number of carbonyl (C=O) groups is 1. The van der Waals surface area contributed by atoms with Crippen molar-refractivity contribution in [2.24, 2.45) is 11.1 Å². The molecule has 20 heavy (non-hydrogen) atoms. The largest absolute Gasteiger partial charge is 0.392 e. The summed E-state index contributed by atoms with van der Waals surface area (Å²) in [6.07, 6.45) is 7.69. The van der Waals surface area contributed by atoms with E-state index in [0.29, 0.717) is 18.2 Å². The minimum atomic E-state index is -0.632. The van der Waals surface area contributed by atoms with Crippen LogP contribution in [-0.4, -0.2) is 29.6 Å². The van der Waals surface area contributed by atoms with Crippen LogP contribution < -0.4 is 11.1 Å². The zero-order valence-electron chi connectivity index (χ0n) is 12.4. The predicted molar refractivity (Wildman–Crippen MR) is 83.5 cm³/mol. The molecule has 0 aromatic rings. The fraction of sp³-hybridized carbons (Fsp3) is 0.867. The van der Waals surface area contributed by atoms with Crippen molar-refractivity contribution in [1.29, 1.82) is 0 Å². The summed E-state index contributed by atoms with van der Waals surface area (Å²) in [5, 5.41) is 3.23. The number of nitrogens with two attached hydrogens (primary N) is 1. The van der Waals surface area contributed by atoms with Crippen molar-refractivity contribution in [2.75, 3.05) is 13.2 Å². The molecule has 1 saturated carbocycles. The third-order valence-corrected chi connectivity index (χ3v) is 5.27. The highest BCUT2D eigenvalue weighted by atomic mass is 32.1. The molecule has 2 aliphatic rings. The van der Waals surface area contributed by atoms with E-state index in [9.17, 15) is 4.79 Å². The highest BCUT2D eigenvalue weighted by Gasteiger charge is 2.44. The molecule has 1 heterocycles. The fourth-order valence-electron chi connectivity index (χ4n) is 3.26. The van der Waals surface area contributed by atoms with Gasteiger partial charge in [-0.25, -0.2) is 0 Å². The molecule has 0 unspecified atom stereocenters. The molecule has 1 saturated heterocycles. The minimum absolute atomic E-state index is 0.0382. The normalized spacial score (nSPS) is 25.4. The Balaban J connectivity index is 2.12. The van der Waals surface area contributed by atoms with Crippen LogP contribution in [-0.2, 0) is 9.53 Å². The average molecular weight is 298 g/mol. The van der Waals surface area contributed by atoms with Crippen LogP contribution in [0.1, 0.15) is 58.3 Å². The van der Waals surface area contributed by atoms with Crippen molar-refractivity contribution >= 4 is 23.1 Å². The van der Waals surface area contributed by atoms with Gasteiger partial charge in [-0.05, 0) is 32.6 Å². The first-order chi connectivity index (χ1) is 9.49. The van der Waals surface area contributed by atoms with E-state index in [0.717, 1.165) is 38.5 Å². The quantitative estimate of drug-likeness (QED) is 0.620. The van der Waals surface area contributed by atoms with E-state index in [1.165, 1.54) is 12.8 Å². The van der Waals surface area contributed by atoms with Gasteiger partial charge in [0.1, 0.15) is 0 Å². The lowest BCUT2D eigenvalue weighted by Crippen LogP contribution is -2.57. The van der Waals surface area contributed by atoms with Crippen LogP contribution in [0.25, 0.3) is 0 Å². The molecule has 1 aliphatic carbocycles. The number of rotatable bonds is 3. The van der Waals surface area contributed by atoms with Gasteiger partial charge in [0.15, 0.2) is 0 Å². The Bertz CT molecular complexity index is 370. The van der Waals surface area contributed by atoms with E-state index in [-0.39, 0.29) is 11.4 Å². The Hall–Kier alpha value is -0.680. The van der Waals surface area contributed by atoms with E-state index < -0.39 is 5.41 Å². The Kier molecular flexibility index (Phi) is 5.02. The van der Waals surface area contributed by atoms with Gasteiger partial charge in [-0.1, -0.05) is 37.9 Å². The van der Waals surface area contributed by atoms with Crippen molar-refractivity contribution in [1.82, 2.24) is 5.32 Å². The molecule has 0 bridgehead atoms. The molecule has 0 spiro atoms. The van der Waals surface area contributed by atoms with Crippen LogP contribution in [0.4, 0.5) is 0 Å². The van der Waals surface area contributed by atoms with E-state index in [4.69, 9.17) is 22.7 Å². The maximum atomic E-state index is 12.9. The summed E-state index contributed by atoms with van der Waals surface area (Å²) in [4.78, 5) is 13.2. The molecule has 0 radical (unpaired) electrons. The maximum Gasteiger partial charge on any atom is 0.233 e. The minimum Gasteiger partial charge on any atom is -0.392 e. The highest BCUT2D eigenvalue weighted by molar-refractivity contribution is 7.80. The third kappa shape index (κ3) is 3.31. The standard InChI is InChI=1S/C15H26N2O2S/c1-14(8-10-19-11-9-14)17-13(18)15(12(16)20)6-4-2-3-5-7-15/h2-11H2,1H3,(H2,16,20)(H,17,18). The van der Waals surface area contributed by atoms with Gasteiger partial charge in [0, 0.05) is 18.8 Å². The molecular weight excluding hydrogens is 272 g/mol. The zero-order valence-corrected chi connectivity index (χ0v) is 13.2. The monoisotopic (exact) mass is 298 g/mol. The molecule has 3 N–H and O–H groups in total. The van der Waals surface area contributed by atoms with Crippen LogP contribution in [0.3, 0.4) is 0 Å². The van der Waals surface area contributed by atoms with Gasteiger partial charge in [0.25, 0.3) is 0 Å². The molecule has 4 nitrogen and oxygen atoms in total. The third-order valence-electron chi connectivity index (χ3n) is 4.88. The Morgan fingerprint density at radius 3 is 2.15 bits per heavy atom. The fourth-order valence-corrected chi connectivity index (χ4v) is 3.55. The van der Waals surface area contributed by atoms with Gasteiger partial charge in [0.2, 0.25) is 5.91 Å². The second-order valence-electron chi connectivity index (χ2n) is 6.49. The van der Waals surface area contributed by atoms with Crippen molar-refractivity contribution in [3.8, 4) is 0 Å². The number of hydrogen-bond acceptors (Lipinski definition) is 3. The van der Waals surface area contributed by atoms with Crippen molar-refractivity contribution in [3.05, 3.63) is 0 Å². The summed E-state index contributed by atoms with van der Waals surface area (Å²) in [6, 6.07) is 0. The van der Waals surface area contributed by atoms with E-state index in [1.54, 1.807) is 0 Å². The first-order valence-corrected chi connectivity index (χ1v) is 8.10. The summed E-state index contributed by atoms with van der Waals surface area (Å²) in [5.74, 6) is 0.0382. The maximum absolute atomic E-state index is 12.9. The second kappa shape index (κ2) is 6.39. The van der Waals surface area contributed by atoms with E-state index >= 15 is 0 Å². The Morgan fingerprint density at radius 2 is 1.65 bits per heavy atom. The number of hydrogen-bond donors (Lipinski definition) is 2. The summed E-state index contributed by atoms with van der Waals surface area (Å²) in [7, 11) is 0. The lowest BCUT2D eigenvalue weighted by molar-refractivity contribution is -0.131. The number of carbonyl (C=O) groups excluding carboxylic acids is 1. The van der Waals surface area contributed by atoms with Gasteiger partial charge in [-0.2, -0.15) is 0 Å². The second-order valence-corrected chi connectivity index (χ2v) is 6.93. The first kappa shape index (κ1) is 15.7. The van der Waals surface area contributed by atoms with E-state index in [2.05, 4.69) is 12.2 Å². The highest BCUT2D eigenvalue weighted by Crippen LogP contribution is 2.37. The van der Waals surface area contributed by atoms with Crippen molar-refractivity contribution < 1.29 is 9.53 Å². The first-order valence-electron chi connectivity index (χ1n) is 7.69. The molecule has 1 aliphatic heterocycles. The molecular formula is C15H26N2O2S. The van der Waals surface area contributed by atoms with Crippen LogP contribution in [0.15, 0.2) is 0 Å². The number of ether oxygens (including phenoxy) is 1. The zero-order chi connectivity index (χ0) is 14.6. The van der Waals surface area contributed by atoms with Crippen LogP contribution in [0, 0.1) is 5.41 Å². The Morgan fingerprint density at radius 1 is 1.10 bits per heavy atom. The summed E-state index contributed by atoms with van der Waals surface area (Å²) >= 11 is 5.26. The summed E-state index contributed by atoms with van der Waals surface area (Å²) in [6.45, 7) is 3.51. The number of amides is 1. The smallest absolute Gasteiger partial charge is 0.233 e. The Labute approximate surface area is 126 Å². The topological polar surface area (TPSA) is 64.4 Å². The summed E-state index contributed by atoms with van der Waals surface area (Å²) < 4.78 is 5.38. The molecule has 2 rings (SSSR count). The van der Waals surface area contributed by atoms with E-state index in [1.807, 2.05) is 0 Å².